The van der Waals surface area contributed by atoms with Crippen molar-refractivity contribution < 1.29 is 4.74 Å². The maximum Gasteiger partial charge on any atom is 0.171 e. The van der Waals surface area contributed by atoms with Gasteiger partial charge in [0.15, 0.2) is 11.0 Å². The summed E-state index contributed by atoms with van der Waals surface area (Å²) in [4.78, 5) is 8.10. The minimum Gasteiger partial charge on any atom is -0.381 e. The number of fused-ring (bicyclic) bond motifs is 1. The Bertz CT molecular complexity index is 363. The van der Waals surface area contributed by atoms with Crippen molar-refractivity contribution in [2.24, 2.45) is 17.8 Å². The Hall–Kier alpha value is -0.870. The molecule has 2 unspecified atom stereocenters. The van der Waals surface area contributed by atoms with Gasteiger partial charge in [0, 0.05) is 18.9 Å². The van der Waals surface area contributed by atoms with Crippen molar-refractivity contribution in [3.05, 3.63) is 17.5 Å². The smallest absolute Gasteiger partial charge is 0.171 e. The summed E-state index contributed by atoms with van der Waals surface area (Å²) in [5.74, 6) is 2.93. The van der Waals surface area contributed by atoms with Crippen LogP contribution in [0.3, 0.4) is 0 Å². The second-order valence-corrected chi connectivity index (χ2v) is 4.46. The van der Waals surface area contributed by atoms with Crippen LogP contribution in [0.15, 0.2) is 12.4 Å². The number of aromatic nitrogens is 2. The van der Waals surface area contributed by atoms with E-state index >= 15 is 0 Å². The number of halogens is 1. The molecule has 0 aromatic carbocycles. The summed E-state index contributed by atoms with van der Waals surface area (Å²) >= 11 is 5.89. The van der Waals surface area contributed by atoms with Crippen molar-refractivity contribution in [3.63, 3.8) is 0 Å². The third-order valence-electron chi connectivity index (χ3n) is 3.29. The molecule has 5 heteroatoms. The van der Waals surface area contributed by atoms with Crippen molar-refractivity contribution >= 4 is 17.4 Å². The number of anilines is 1. The van der Waals surface area contributed by atoms with Crippen LogP contribution in [-0.4, -0.2) is 29.7 Å². The lowest BCUT2D eigenvalue weighted by molar-refractivity contribution is 0.153. The molecule has 1 aliphatic carbocycles. The first kappa shape index (κ1) is 9.36. The predicted octanol–water partition coefficient (Wildman–Crippen LogP) is 1.43. The van der Waals surface area contributed by atoms with E-state index in [4.69, 9.17) is 16.3 Å². The van der Waals surface area contributed by atoms with Gasteiger partial charge in [-0.15, -0.1) is 0 Å². The number of ether oxygens (including phenoxy) is 1. The maximum absolute atomic E-state index is 5.89. The SMILES string of the molecule is Clc1nccnc1NCC1C2COCC12. The van der Waals surface area contributed by atoms with E-state index in [0.717, 1.165) is 37.5 Å². The van der Waals surface area contributed by atoms with E-state index in [1.807, 2.05) is 0 Å². The van der Waals surface area contributed by atoms with Crippen LogP contribution >= 0.6 is 11.6 Å². The molecule has 2 atom stereocenters. The molecule has 2 fully saturated rings. The zero-order valence-corrected chi connectivity index (χ0v) is 8.94. The van der Waals surface area contributed by atoms with Crippen LogP contribution in [0.25, 0.3) is 0 Å². The van der Waals surface area contributed by atoms with Gasteiger partial charge in [0.2, 0.25) is 0 Å². The molecule has 0 bridgehead atoms. The molecule has 0 radical (unpaired) electrons. The number of hydrogen-bond acceptors (Lipinski definition) is 4. The Kier molecular flexibility index (Phi) is 2.25. The molecule has 15 heavy (non-hydrogen) atoms. The van der Waals surface area contributed by atoms with Crippen LogP contribution in [0, 0.1) is 17.8 Å². The lowest BCUT2D eigenvalue weighted by Gasteiger charge is -2.07. The summed E-state index contributed by atoms with van der Waals surface area (Å²) < 4.78 is 5.33. The van der Waals surface area contributed by atoms with Crippen molar-refractivity contribution in [2.75, 3.05) is 25.1 Å². The van der Waals surface area contributed by atoms with Gasteiger partial charge in [-0.2, -0.15) is 0 Å². The highest BCUT2D eigenvalue weighted by molar-refractivity contribution is 6.31. The topological polar surface area (TPSA) is 47.0 Å². The van der Waals surface area contributed by atoms with Gasteiger partial charge in [0.05, 0.1) is 13.2 Å². The minimum absolute atomic E-state index is 0.444. The molecular formula is C10H12ClN3O. The fourth-order valence-corrected chi connectivity index (χ4v) is 2.49. The summed E-state index contributed by atoms with van der Waals surface area (Å²) in [6, 6.07) is 0. The van der Waals surface area contributed by atoms with E-state index in [9.17, 15) is 0 Å². The van der Waals surface area contributed by atoms with Crippen molar-refractivity contribution in [3.8, 4) is 0 Å². The maximum atomic E-state index is 5.89. The lowest BCUT2D eigenvalue weighted by Crippen LogP contribution is -2.11. The molecule has 2 heterocycles. The molecule has 1 N–H and O–H groups in total. The van der Waals surface area contributed by atoms with Crippen LogP contribution in [0.2, 0.25) is 5.15 Å². The number of hydrogen-bond donors (Lipinski definition) is 1. The van der Waals surface area contributed by atoms with Gasteiger partial charge in [-0.1, -0.05) is 11.6 Å². The fraction of sp³-hybridized carbons (Fsp3) is 0.600. The summed E-state index contributed by atoms with van der Waals surface area (Å²) in [7, 11) is 0. The molecule has 1 aromatic heterocycles. The number of nitrogens with zero attached hydrogens (tertiary/aromatic N) is 2. The second-order valence-electron chi connectivity index (χ2n) is 4.11. The van der Waals surface area contributed by atoms with E-state index in [-0.39, 0.29) is 0 Å². The molecule has 1 saturated heterocycles. The van der Waals surface area contributed by atoms with Crippen molar-refractivity contribution in [1.29, 1.82) is 0 Å². The van der Waals surface area contributed by atoms with Crippen molar-refractivity contribution in [2.45, 2.75) is 0 Å². The van der Waals surface area contributed by atoms with Gasteiger partial charge in [-0.3, -0.25) is 0 Å². The van der Waals surface area contributed by atoms with Crippen LogP contribution < -0.4 is 5.32 Å². The fourth-order valence-electron chi connectivity index (χ4n) is 2.32. The van der Waals surface area contributed by atoms with Gasteiger partial charge in [-0.25, -0.2) is 9.97 Å². The summed E-state index contributed by atoms with van der Waals surface area (Å²) in [5, 5.41) is 3.69. The average Bonchev–Trinajstić information content (AvgIpc) is 2.71. The van der Waals surface area contributed by atoms with E-state index in [2.05, 4.69) is 15.3 Å². The highest BCUT2D eigenvalue weighted by Gasteiger charge is 2.53. The van der Waals surface area contributed by atoms with Gasteiger partial charge in [-0.05, 0) is 17.8 Å². The first-order valence-electron chi connectivity index (χ1n) is 5.14. The average molecular weight is 226 g/mol. The predicted molar refractivity (Wildman–Crippen MR) is 56.8 cm³/mol. The Balaban J connectivity index is 1.57. The first-order valence-corrected chi connectivity index (χ1v) is 5.52. The summed E-state index contributed by atoms with van der Waals surface area (Å²) in [6.07, 6.45) is 3.23. The minimum atomic E-state index is 0.444. The highest BCUT2D eigenvalue weighted by Crippen LogP contribution is 2.50. The van der Waals surface area contributed by atoms with E-state index in [1.165, 1.54) is 0 Å². The number of nitrogens with one attached hydrogen (secondary N) is 1. The van der Waals surface area contributed by atoms with E-state index in [0.29, 0.717) is 11.0 Å². The standard InChI is InChI=1S/C10H12ClN3O/c11-9-10(13-2-1-12-9)14-3-6-7-4-15-5-8(6)7/h1-2,6-8H,3-5H2,(H,13,14). The zero-order valence-electron chi connectivity index (χ0n) is 8.19. The molecule has 3 rings (SSSR count). The highest BCUT2D eigenvalue weighted by atomic mass is 35.5. The molecule has 1 aromatic rings. The number of rotatable bonds is 3. The summed E-state index contributed by atoms with van der Waals surface area (Å²) in [6.45, 7) is 2.77. The molecule has 2 aliphatic rings. The summed E-state index contributed by atoms with van der Waals surface area (Å²) in [5.41, 5.74) is 0. The third-order valence-corrected chi connectivity index (χ3v) is 3.56. The quantitative estimate of drug-likeness (QED) is 0.846. The van der Waals surface area contributed by atoms with E-state index < -0.39 is 0 Å². The largest absolute Gasteiger partial charge is 0.381 e. The molecule has 1 aliphatic heterocycles. The van der Waals surface area contributed by atoms with Gasteiger partial charge >= 0.3 is 0 Å². The van der Waals surface area contributed by atoms with Crippen molar-refractivity contribution in [1.82, 2.24) is 9.97 Å². The lowest BCUT2D eigenvalue weighted by atomic mass is 10.3. The Morgan fingerprint density at radius 3 is 2.80 bits per heavy atom. The molecule has 4 nitrogen and oxygen atoms in total. The van der Waals surface area contributed by atoms with Gasteiger partial charge in [0.25, 0.3) is 0 Å². The normalized spacial score (nSPS) is 32.5. The zero-order chi connectivity index (χ0) is 10.3. The third kappa shape index (κ3) is 1.68. The Morgan fingerprint density at radius 1 is 1.33 bits per heavy atom. The molecule has 1 saturated carbocycles. The van der Waals surface area contributed by atoms with Crippen LogP contribution in [0.1, 0.15) is 0 Å². The Labute approximate surface area is 93.0 Å². The van der Waals surface area contributed by atoms with Gasteiger partial charge in [0.1, 0.15) is 0 Å². The van der Waals surface area contributed by atoms with E-state index in [1.54, 1.807) is 12.4 Å². The van der Waals surface area contributed by atoms with Crippen LogP contribution in [0.5, 0.6) is 0 Å². The molecular weight excluding hydrogens is 214 g/mol. The van der Waals surface area contributed by atoms with Crippen LogP contribution in [-0.2, 0) is 4.74 Å². The molecule has 0 amide bonds. The molecule has 0 spiro atoms. The van der Waals surface area contributed by atoms with Gasteiger partial charge < -0.3 is 10.1 Å². The second kappa shape index (κ2) is 3.61. The monoisotopic (exact) mass is 225 g/mol. The van der Waals surface area contributed by atoms with Crippen LogP contribution in [0.4, 0.5) is 5.82 Å². The molecule has 80 valence electrons. The first-order chi connectivity index (χ1) is 7.36. The Morgan fingerprint density at radius 2 is 2.07 bits per heavy atom.